The van der Waals surface area contributed by atoms with Crippen LogP contribution in [0.4, 0.5) is 5.69 Å². The summed E-state index contributed by atoms with van der Waals surface area (Å²) < 4.78 is 0. The van der Waals surface area contributed by atoms with Gasteiger partial charge < -0.3 is 10.6 Å². The van der Waals surface area contributed by atoms with Crippen molar-refractivity contribution in [2.45, 2.75) is 52.9 Å². The summed E-state index contributed by atoms with van der Waals surface area (Å²) in [5, 5.41) is 0. The number of anilines is 1. The molecule has 0 saturated carbocycles. The summed E-state index contributed by atoms with van der Waals surface area (Å²) in [6.45, 7) is 11.9. The summed E-state index contributed by atoms with van der Waals surface area (Å²) in [7, 11) is 0. The van der Waals surface area contributed by atoms with Crippen molar-refractivity contribution in [2.24, 2.45) is 11.1 Å². The van der Waals surface area contributed by atoms with Crippen LogP contribution in [0.1, 0.15) is 51.5 Å². The maximum Gasteiger partial charge on any atom is 0.223 e. The van der Waals surface area contributed by atoms with Crippen molar-refractivity contribution >= 4 is 11.6 Å². The number of piperazine rings is 1. The van der Waals surface area contributed by atoms with Gasteiger partial charge in [0, 0.05) is 37.3 Å². The van der Waals surface area contributed by atoms with Crippen LogP contribution >= 0.6 is 0 Å². The molecule has 1 aliphatic rings. The number of carbonyl (C=O) groups is 1. The minimum absolute atomic E-state index is 0.121. The first-order valence-electron chi connectivity index (χ1n) is 9.84. The fourth-order valence-electron chi connectivity index (χ4n) is 3.86. The zero-order valence-electron chi connectivity index (χ0n) is 16.3. The number of hydrogen-bond acceptors (Lipinski definition) is 3. The highest BCUT2D eigenvalue weighted by Crippen LogP contribution is 2.32. The Morgan fingerprint density at radius 1 is 1.04 bits per heavy atom. The Labute approximate surface area is 153 Å². The normalized spacial score (nSPS) is 16.2. The molecule has 0 aliphatic carbocycles. The number of hydrogen-bond donors (Lipinski definition) is 1. The number of carbonyl (C=O) groups excluding carboxylic acids is 1. The Morgan fingerprint density at radius 3 is 2.16 bits per heavy atom. The summed E-state index contributed by atoms with van der Waals surface area (Å²) in [4.78, 5) is 16.8. The summed E-state index contributed by atoms with van der Waals surface area (Å²) in [6, 6.07) is 8.83. The first kappa shape index (κ1) is 19.8. The van der Waals surface area contributed by atoms with E-state index in [-0.39, 0.29) is 11.3 Å². The van der Waals surface area contributed by atoms with Gasteiger partial charge >= 0.3 is 0 Å². The third-order valence-electron chi connectivity index (χ3n) is 6.03. The first-order valence-corrected chi connectivity index (χ1v) is 9.84. The van der Waals surface area contributed by atoms with Crippen molar-refractivity contribution in [2.75, 3.05) is 37.6 Å². The third kappa shape index (κ3) is 5.21. The Kier molecular flexibility index (Phi) is 7.30. The Morgan fingerprint density at radius 2 is 1.64 bits per heavy atom. The van der Waals surface area contributed by atoms with E-state index in [2.05, 4.69) is 54.8 Å². The Hall–Kier alpha value is -1.55. The molecule has 1 aromatic rings. The monoisotopic (exact) mass is 345 g/mol. The van der Waals surface area contributed by atoms with Gasteiger partial charge in [0.2, 0.25) is 5.91 Å². The van der Waals surface area contributed by atoms with Crippen molar-refractivity contribution in [3.05, 3.63) is 29.8 Å². The van der Waals surface area contributed by atoms with Gasteiger partial charge in [-0.3, -0.25) is 9.69 Å². The number of unbranched alkanes of at least 4 members (excludes halogenated alkanes) is 1. The van der Waals surface area contributed by atoms with Crippen molar-refractivity contribution in [3.63, 3.8) is 0 Å². The lowest BCUT2D eigenvalue weighted by Gasteiger charge is -2.36. The highest BCUT2D eigenvalue weighted by Gasteiger charge is 2.31. The van der Waals surface area contributed by atoms with Crippen molar-refractivity contribution < 1.29 is 4.79 Å². The topological polar surface area (TPSA) is 49.6 Å². The van der Waals surface area contributed by atoms with Gasteiger partial charge in [0.05, 0.1) is 0 Å². The fraction of sp³-hybridized carbons (Fsp3) is 0.667. The maximum atomic E-state index is 11.8. The molecule has 1 aromatic carbocycles. The van der Waals surface area contributed by atoms with Crippen molar-refractivity contribution in [1.82, 2.24) is 4.90 Å². The van der Waals surface area contributed by atoms with Crippen molar-refractivity contribution in [1.29, 1.82) is 0 Å². The van der Waals surface area contributed by atoms with E-state index in [0.29, 0.717) is 0 Å². The molecule has 2 N–H and O–H groups in total. The van der Waals surface area contributed by atoms with E-state index < -0.39 is 0 Å². The third-order valence-corrected chi connectivity index (χ3v) is 6.03. The molecule has 0 radical (unpaired) electrons. The summed E-state index contributed by atoms with van der Waals surface area (Å²) in [5.74, 6) is -0.121. The van der Waals surface area contributed by atoms with Crippen LogP contribution in [0.3, 0.4) is 0 Å². The molecular formula is C21H35N3O. The van der Waals surface area contributed by atoms with Gasteiger partial charge in [0.25, 0.3) is 0 Å². The first-order chi connectivity index (χ1) is 12.0. The molecule has 0 atom stereocenters. The lowest BCUT2D eigenvalue weighted by atomic mass is 9.77. The molecular weight excluding hydrogens is 310 g/mol. The standard InChI is InChI=1S/C21H35N3O/c1-4-21(5-2,20(22)25)12-6-7-13-23-14-16-24(17-15-23)19-10-8-18(3)9-11-19/h8-11H,4-7,12-17H2,1-3H3,(H2,22,25). The molecule has 1 saturated heterocycles. The van der Waals surface area contributed by atoms with E-state index in [1.54, 1.807) is 0 Å². The van der Waals surface area contributed by atoms with Crippen LogP contribution in [0.25, 0.3) is 0 Å². The number of aryl methyl sites for hydroxylation is 1. The summed E-state index contributed by atoms with van der Waals surface area (Å²) in [6.07, 6.45) is 4.88. The fourth-order valence-corrected chi connectivity index (χ4v) is 3.86. The molecule has 4 heteroatoms. The summed E-state index contributed by atoms with van der Waals surface area (Å²) in [5.41, 5.74) is 8.00. The molecule has 0 unspecified atom stereocenters. The quantitative estimate of drug-likeness (QED) is 0.696. The molecule has 140 valence electrons. The SMILES string of the molecule is CCC(CC)(CCCCN1CCN(c2ccc(C)cc2)CC1)C(N)=O. The number of nitrogens with two attached hydrogens (primary N) is 1. The van der Waals surface area contributed by atoms with Crippen molar-refractivity contribution in [3.8, 4) is 0 Å². The molecule has 1 heterocycles. The maximum absolute atomic E-state index is 11.8. The molecule has 25 heavy (non-hydrogen) atoms. The predicted molar refractivity (Wildman–Crippen MR) is 106 cm³/mol. The van der Waals surface area contributed by atoms with E-state index in [1.807, 2.05) is 0 Å². The minimum atomic E-state index is -0.288. The lowest BCUT2D eigenvalue weighted by Crippen LogP contribution is -2.46. The van der Waals surface area contributed by atoms with E-state index >= 15 is 0 Å². The van der Waals surface area contributed by atoms with Gasteiger partial charge in [-0.2, -0.15) is 0 Å². The number of amides is 1. The van der Waals surface area contributed by atoms with E-state index in [1.165, 1.54) is 11.3 Å². The molecule has 1 aliphatic heterocycles. The molecule has 2 rings (SSSR count). The second-order valence-corrected chi connectivity index (χ2v) is 7.47. The smallest absolute Gasteiger partial charge is 0.223 e. The largest absolute Gasteiger partial charge is 0.369 e. The Bertz CT molecular complexity index is 529. The van der Waals surface area contributed by atoms with Crippen LogP contribution in [-0.2, 0) is 4.79 Å². The zero-order chi connectivity index (χ0) is 18.3. The molecule has 1 amide bonds. The number of primary amides is 1. The molecule has 0 bridgehead atoms. The van der Waals surface area contributed by atoms with E-state index in [0.717, 1.165) is 64.8 Å². The van der Waals surface area contributed by atoms with E-state index in [9.17, 15) is 4.79 Å². The minimum Gasteiger partial charge on any atom is -0.369 e. The van der Waals surface area contributed by atoms with Gasteiger partial charge in [0.1, 0.15) is 0 Å². The second-order valence-electron chi connectivity index (χ2n) is 7.47. The van der Waals surface area contributed by atoms with Gasteiger partial charge in [-0.05, 0) is 51.3 Å². The molecule has 0 aromatic heterocycles. The van der Waals surface area contributed by atoms with Crippen LogP contribution < -0.4 is 10.6 Å². The predicted octanol–water partition coefficient (Wildman–Crippen LogP) is 3.58. The van der Waals surface area contributed by atoms with Gasteiger partial charge in [0.15, 0.2) is 0 Å². The number of rotatable bonds is 9. The van der Waals surface area contributed by atoms with Crippen LogP contribution in [-0.4, -0.2) is 43.5 Å². The lowest BCUT2D eigenvalue weighted by molar-refractivity contribution is -0.128. The average Bonchev–Trinajstić information content (AvgIpc) is 2.63. The zero-order valence-corrected chi connectivity index (χ0v) is 16.3. The van der Waals surface area contributed by atoms with Gasteiger partial charge in [-0.1, -0.05) is 38.0 Å². The molecule has 0 spiro atoms. The average molecular weight is 346 g/mol. The summed E-state index contributed by atoms with van der Waals surface area (Å²) >= 11 is 0. The number of nitrogens with zero attached hydrogens (tertiary/aromatic N) is 2. The second kappa shape index (κ2) is 9.23. The van der Waals surface area contributed by atoms with Gasteiger partial charge in [-0.25, -0.2) is 0 Å². The van der Waals surface area contributed by atoms with E-state index in [4.69, 9.17) is 5.73 Å². The molecule has 4 nitrogen and oxygen atoms in total. The van der Waals surface area contributed by atoms with Gasteiger partial charge in [-0.15, -0.1) is 0 Å². The van der Waals surface area contributed by atoms with Crippen LogP contribution in [0.15, 0.2) is 24.3 Å². The van der Waals surface area contributed by atoms with Crippen LogP contribution in [0.5, 0.6) is 0 Å². The highest BCUT2D eigenvalue weighted by molar-refractivity contribution is 5.80. The highest BCUT2D eigenvalue weighted by atomic mass is 16.1. The number of benzene rings is 1. The Balaban J connectivity index is 1.70. The van der Waals surface area contributed by atoms with Crippen LogP contribution in [0, 0.1) is 12.3 Å². The molecule has 1 fully saturated rings. The van der Waals surface area contributed by atoms with Crippen LogP contribution in [0.2, 0.25) is 0 Å².